The number of hydrogen-bond donors (Lipinski definition) is 2. The third-order valence-electron chi connectivity index (χ3n) is 1.13. The second kappa shape index (κ2) is 7.17. The Morgan fingerprint density at radius 3 is 2.07 bits per heavy atom. The van der Waals surface area contributed by atoms with E-state index in [1.807, 2.05) is 0 Å². The molecule has 0 aromatic heterocycles. The second-order valence-corrected chi connectivity index (χ2v) is 3.95. The lowest BCUT2D eigenvalue weighted by Crippen LogP contribution is -1.92. The van der Waals surface area contributed by atoms with Gasteiger partial charge in [-0.25, -0.2) is 0 Å². The summed E-state index contributed by atoms with van der Waals surface area (Å²) in [7, 11) is 0. The van der Waals surface area contributed by atoms with Crippen LogP contribution in [0.5, 0.6) is 5.75 Å². The molecule has 2 N–H and O–H groups in total. The van der Waals surface area contributed by atoms with Crippen LogP contribution < -0.4 is 0 Å². The molecule has 0 fully saturated rings. The molecule has 0 amide bonds. The molecule has 1 rings (SSSR count). The summed E-state index contributed by atoms with van der Waals surface area (Å²) in [6, 6.07) is 2.86. The summed E-state index contributed by atoms with van der Waals surface area (Å²) in [5.41, 5.74) is 0. The van der Waals surface area contributed by atoms with E-state index in [0.29, 0.717) is 5.02 Å². The van der Waals surface area contributed by atoms with Crippen molar-refractivity contribution in [2.75, 3.05) is 5.33 Å². The average molecular weight is 336 g/mol. The summed E-state index contributed by atoms with van der Waals surface area (Å²) in [5, 5.41) is 17.3. The number of alkyl halides is 1. The van der Waals surface area contributed by atoms with E-state index in [2.05, 4.69) is 15.9 Å². The van der Waals surface area contributed by atoms with E-state index in [0.717, 1.165) is 0 Å². The van der Waals surface area contributed by atoms with Crippen molar-refractivity contribution in [2.24, 2.45) is 0 Å². The van der Waals surface area contributed by atoms with E-state index in [9.17, 15) is 4.79 Å². The van der Waals surface area contributed by atoms with Gasteiger partial charge < -0.3 is 10.2 Å². The van der Waals surface area contributed by atoms with Gasteiger partial charge in [0.25, 0.3) is 0 Å². The highest BCUT2D eigenvalue weighted by atomic mass is 79.9. The van der Waals surface area contributed by atoms with Crippen LogP contribution in [-0.2, 0) is 4.79 Å². The second-order valence-electron chi connectivity index (χ2n) is 2.22. The third kappa shape index (κ3) is 5.47. The summed E-state index contributed by atoms with van der Waals surface area (Å²) >= 11 is 19.3. The summed E-state index contributed by atoms with van der Waals surface area (Å²) in [5.74, 6) is -0.888. The van der Waals surface area contributed by atoms with Crippen molar-refractivity contribution in [2.45, 2.75) is 0 Å². The molecule has 0 saturated heterocycles. The molecular formula is C8H6BrCl3O3. The maximum atomic E-state index is 9.32. The standard InChI is InChI=1S/C6H3Cl3O.C2H3BrO2/c7-3-1-2-4(10)6(9)5(3)8;3-1-2(4)5/h1-2,10H;1H2,(H,4,5). The van der Waals surface area contributed by atoms with Gasteiger partial charge in [-0.3, -0.25) is 4.79 Å². The summed E-state index contributed by atoms with van der Waals surface area (Å²) in [4.78, 5) is 9.32. The highest BCUT2D eigenvalue weighted by Crippen LogP contribution is 2.35. The zero-order valence-electron chi connectivity index (χ0n) is 7.18. The van der Waals surface area contributed by atoms with E-state index in [4.69, 9.17) is 45.0 Å². The summed E-state index contributed by atoms with van der Waals surface area (Å²) in [6.45, 7) is 0. The molecule has 0 aliphatic heterocycles. The zero-order valence-corrected chi connectivity index (χ0v) is 11.0. The Labute approximate surface area is 110 Å². The number of carbonyl (C=O) groups is 1. The number of carboxylic acid groups (broad SMARTS) is 1. The van der Waals surface area contributed by atoms with E-state index in [1.165, 1.54) is 12.1 Å². The first-order valence-electron chi connectivity index (χ1n) is 3.50. The minimum Gasteiger partial charge on any atom is -0.506 e. The molecule has 0 aliphatic carbocycles. The van der Waals surface area contributed by atoms with Crippen molar-refractivity contribution in [1.82, 2.24) is 0 Å². The minimum atomic E-state index is -0.829. The van der Waals surface area contributed by atoms with E-state index < -0.39 is 5.97 Å². The predicted octanol–water partition coefficient (Wildman–Crippen LogP) is 3.82. The monoisotopic (exact) mass is 334 g/mol. The minimum absolute atomic E-state index is 0.0347. The first-order valence-corrected chi connectivity index (χ1v) is 5.76. The van der Waals surface area contributed by atoms with Crippen molar-refractivity contribution in [3.63, 3.8) is 0 Å². The van der Waals surface area contributed by atoms with Crippen LogP contribution in [0, 0.1) is 0 Å². The molecule has 1 aromatic rings. The molecule has 0 bridgehead atoms. The fourth-order valence-corrected chi connectivity index (χ4v) is 1.05. The molecule has 7 heteroatoms. The van der Waals surface area contributed by atoms with Gasteiger partial charge in [0.1, 0.15) is 16.1 Å². The maximum Gasteiger partial charge on any atom is 0.314 e. The molecule has 84 valence electrons. The molecular weight excluding hydrogens is 330 g/mol. The molecule has 0 unspecified atom stereocenters. The van der Waals surface area contributed by atoms with Crippen molar-refractivity contribution >= 4 is 56.7 Å². The van der Waals surface area contributed by atoms with E-state index in [1.54, 1.807) is 0 Å². The highest BCUT2D eigenvalue weighted by molar-refractivity contribution is 9.09. The van der Waals surface area contributed by atoms with E-state index in [-0.39, 0.29) is 21.1 Å². The molecule has 0 aliphatic rings. The van der Waals surface area contributed by atoms with Crippen LogP contribution in [0.3, 0.4) is 0 Å². The molecule has 0 radical (unpaired) electrons. The number of rotatable bonds is 1. The molecule has 15 heavy (non-hydrogen) atoms. The highest BCUT2D eigenvalue weighted by Gasteiger charge is 2.06. The van der Waals surface area contributed by atoms with Crippen molar-refractivity contribution < 1.29 is 15.0 Å². The molecule has 3 nitrogen and oxygen atoms in total. The largest absolute Gasteiger partial charge is 0.506 e. The first kappa shape index (κ1) is 14.8. The van der Waals surface area contributed by atoms with Gasteiger partial charge in [0.15, 0.2) is 0 Å². The third-order valence-corrected chi connectivity index (χ3v) is 2.89. The number of aliphatic carboxylic acids is 1. The van der Waals surface area contributed by atoms with Gasteiger partial charge in [-0.2, -0.15) is 0 Å². The Kier molecular flexibility index (Phi) is 7.09. The molecule has 0 spiro atoms. The van der Waals surface area contributed by atoms with Gasteiger partial charge in [-0.05, 0) is 12.1 Å². The zero-order chi connectivity index (χ0) is 12.0. The van der Waals surface area contributed by atoms with Gasteiger partial charge in [0.05, 0.1) is 10.0 Å². The Morgan fingerprint density at radius 1 is 1.27 bits per heavy atom. The normalized spacial score (nSPS) is 9.07. The molecule has 0 heterocycles. The number of phenols is 1. The number of halogens is 4. The quantitative estimate of drug-likeness (QED) is 0.605. The van der Waals surface area contributed by atoms with Gasteiger partial charge in [-0.1, -0.05) is 50.7 Å². The van der Waals surface area contributed by atoms with Gasteiger partial charge in [0.2, 0.25) is 0 Å². The Morgan fingerprint density at radius 2 is 1.73 bits per heavy atom. The Balaban J connectivity index is 0.000000336. The Bertz CT molecular complexity index is 330. The lowest BCUT2D eigenvalue weighted by Gasteiger charge is -1.99. The number of benzene rings is 1. The maximum absolute atomic E-state index is 9.32. The van der Waals surface area contributed by atoms with Crippen LogP contribution in [0.25, 0.3) is 0 Å². The SMILES string of the molecule is O=C(O)CBr.Oc1ccc(Cl)c(Cl)c1Cl. The number of hydrogen-bond acceptors (Lipinski definition) is 2. The van der Waals surface area contributed by atoms with Crippen LogP contribution in [0.1, 0.15) is 0 Å². The lowest BCUT2D eigenvalue weighted by molar-refractivity contribution is -0.133. The first-order chi connectivity index (χ1) is 6.90. The Hall–Kier alpha value is -0.160. The predicted molar refractivity (Wildman–Crippen MR) is 64.6 cm³/mol. The van der Waals surface area contributed by atoms with Crippen LogP contribution in [0.15, 0.2) is 12.1 Å². The number of phenolic OH excluding ortho intramolecular Hbond substituents is 1. The smallest absolute Gasteiger partial charge is 0.314 e. The van der Waals surface area contributed by atoms with Crippen LogP contribution in [-0.4, -0.2) is 21.5 Å². The van der Waals surface area contributed by atoms with Gasteiger partial charge in [0, 0.05) is 0 Å². The molecule has 1 aromatic carbocycles. The van der Waals surface area contributed by atoms with Crippen LogP contribution in [0.2, 0.25) is 15.1 Å². The van der Waals surface area contributed by atoms with Gasteiger partial charge >= 0.3 is 5.97 Å². The van der Waals surface area contributed by atoms with Crippen LogP contribution in [0.4, 0.5) is 0 Å². The van der Waals surface area contributed by atoms with Crippen molar-refractivity contribution in [3.05, 3.63) is 27.2 Å². The lowest BCUT2D eigenvalue weighted by atomic mass is 10.3. The number of carboxylic acids is 1. The average Bonchev–Trinajstić information content (AvgIpc) is 2.21. The van der Waals surface area contributed by atoms with Crippen LogP contribution >= 0.6 is 50.7 Å². The topological polar surface area (TPSA) is 57.5 Å². The molecule has 0 atom stereocenters. The van der Waals surface area contributed by atoms with E-state index >= 15 is 0 Å². The number of aromatic hydroxyl groups is 1. The van der Waals surface area contributed by atoms with Crippen molar-refractivity contribution in [3.8, 4) is 5.75 Å². The summed E-state index contributed by atoms with van der Waals surface area (Å²) < 4.78 is 0. The molecule has 0 saturated carbocycles. The summed E-state index contributed by atoms with van der Waals surface area (Å²) in [6.07, 6.45) is 0. The fraction of sp³-hybridized carbons (Fsp3) is 0.125. The van der Waals surface area contributed by atoms with Crippen molar-refractivity contribution in [1.29, 1.82) is 0 Å². The fourth-order valence-electron chi connectivity index (χ4n) is 0.516. The van der Waals surface area contributed by atoms with Gasteiger partial charge in [-0.15, -0.1) is 0 Å².